The Morgan fingerprint density at radius 1 is 1.11 bits per heavy atom. The molecule has 3 aromatic rings. The van der Waals surface area contributed by atoms with E-state index in [0.29, 0.717) is 23.1 Å². The summed E-state index contributed by atoms with van der Waals surface area (Å²) in [6, 6.07) is 16.3. The van der Waals surface area contributed by atoms with E-state index in [1.165, 1.54) is 0 Å². The van der Waals surface area contributed by atoms with Gasteiger partial charge in [0.2, 0.25) is 0 Å². The van der Waals surface area contributed by atoms with Crippen LogP contribution in [0.1, 0.15) is 21.6 Å². The van der Waals surface area contributed by atoms with Gasteiger partial charge in [0.1, 0.15) is 11.6 Å². The number of para-hydroxylation sites is 1. The Kier molecular flexibility index (Phi) is 5.88. The maximum Gasteiger partial charge on any atom is 0.276 e. The van der Waals surface area contributed by atoms with Crippen molar-refractivity contribution < 1.29 is 9.53 Å². The Morgan fingerprint density at radius 3 is 2.63 bits per heavy atom. The Morgan fingerprint density at radius 2 is 1.93 bits per heavy atom. The van der Waals surface area contributed by atoms with E-state index in [1.807, 2.05) is 31.2 Å². The van der Waals surface area contributed by atoms with E-state index >= 15 is 0 Å². The zero-order valence-corrected chi connectivity index (χ0v) is 15.7. The molecule has 0 aliphatic rings. The van der Waals surface area contributed by atoms with Crippen molar-refractivity contribution >= 4 is 29.0 Å². The van der Waals surface area contributed by atoms with Crippen LogP contribution < -0.4 is 15.4 Å². The molecule has 1 heterocycles. The molecule has 0 fully saturated rings. The number of carbonyl (C=O) groups is 1. The van der Waals surface area contributed by atoms with Crippen LogP contribution in [0.25, 0.3) is 0 Å². The van der Waals surface area contributed by atoms with E-state index in [4.69, 9.17) is 16.3 Å². The number of methoxy groups -OCH3 is 1. The van der Waals surface area contributed by atoms with Crippen molar-refractivity contribution in [3.8, 4) is 5.75 Å². The molecule has 0 radical (unpaired) electrons. The molecule has 0 atom stereocenters. The molecule has 138 valence electrons. The van der Waals surface area contributed by atoms with Crippen LogP contribution >= 0.6 is 11.6 Å². The molecule has 0 spiro atoms. The third kappa shape index (κ3) is 4.74. The number of ether oxygens (including phenoxy) is 1. The van der Waals surface area contributed by atoms with Gasteiger partial charge in [-0.05, 0) is 48.9 Å². The summed E-state index contributed by atoms with van der Waals surface area (Å²) in [7, 11) is 1.63. The number of aromatic nitrogens is 2. The van der Waals surface area contributed by atoms with E-state index < -0.39 is 0 Å². The summed E-state index contributed by atoms with van der Waals surface area (Å²) in [4.78, 5) is 12.3. The van der Waals surface area contributed by atoms with Crippen LogP contribution in [0.2, 0.25) is 5.02 Å². The topological polar surface area (TPSA) is 76.1 Å². The highest BCUT2D eigenvalue weighted by molar-refractivity contribution is 6.30. The molecule has 2 aromatic carbocycles. The minimum atomic E-state index is -0.329. The van der Waals surface area contributed by atoms with E-state index in [1.54, 1.807) is 37.4 Å². The Bertz CT molecular complexity index is 945. The molecule has 0 saturated carbocycles. The zero-order valence-electron chi connectivity index (χ0n) is 15.0. The SMILES string of the molecule is COc1ccccc1CNc1ccc(C(=O)Nc2ccc(Cl)cc2C)nn1. The van der Waals surface area contributed by atoms with E-state index in [0.717, 1.165) is 16.9 Å². The molecule has 27 heavy (non-hydrogen) atoms. The van der Waals surface area contributed by atoms with Gasteiger partial charge in [0.25, 0.3) is 5.91 Å². The minimum absolute atomic E-state index is 0.229. The van der Waals surface area contributed by atoms with Gasteiger partial charge in [0.05, 0.1) is 7.11 Å². The van der Waals surface area contributed by atoms with Crippen molar-refractivity contribution in [3.63, 3.8) is 0 Å². The number of rotatable bonds is 6. The quantitative estimate of drug-likeness (QED) is 0.664. The predicted octanol–water partition coefficient (Wildman–Crippen LogP) is 4.31. The Hall–Kier alpha value is -3.12. The second-order valence-electron chi connectivity index (χ2n) is 5.88. The maximum atomic E-state index is 12.3. The van der Waals surface area contributed by atoms with Gasteiger partial charge in [-0.3, -0.25) is 4.79 Å². The first-order chi connectivity index (χ1) is 13.1. The number of nitrogens with zero attached hydrogens (tertiary/aromatic N) is 2. The first-order valence-corrected chi connectivity index (χ1v) is 8.71. The second kappa shape index (κ2) is 8.51. The largest absolute Gasteiger partial charge is 0.496 e. The summed E-state index contributed by atoms with van der Waals surface area (Å²) in [6.45, 7) is 2.41. The van der Waals surface area contributed by atoms with Gasteiger partial charge in [0, 0.05) is 22.8 Å². The summed E-state index contributed by atoms with van der Waals surface area (Å²) in [6.07, 6.45) is 0. The summed E-state index contributed by atoms with van der Waals surface area (Å²) in [5.74, 6) is 1.04. The van der Waals surface area contributed by atoms with Crippen LogP contribution in [-0.2, 0) is 6.54 Å². The average Bonchev–Trinajstić information content (AvgIpc) is 2.69. The number of amides is 1. The van der Waals surface area contributed by atoms with Crippen molar-refractivity contribution in [3.05, 3.63) is 76.4 Å². The lowest BCUT2D eigenvalue weighted by molar-refractivity contribution is 0.102. The van der Waals surface area contributed by atoms with Crippen molar-refractivity contribution in [2.24, 2.45) is 0 Å². The molecule has 1 aromatic heterocycles. The summed E-state index contributed by atoms with van der Waals surface area (Å²) in [5.41, 5.74) is 2.79. The highest BCUT2D eigenvalue weighted by Crippen LogP contribution is 2.20. The molecule has 3 rings (SSSR count). The van der Waals surface area contributed by atoms with Crippen LogP contribution in [0.5, 0.6) is 5.75 Å². The lowest BCUT2D eigenvalue weighted by Crippen LogP contribution is -2.15. The van der Waals surface area contributed by atoms with E-state index in [2.05, 4.69) is 20.8 Å². The van der Waals surface area contributed by atoms with Crippen molar-refractivity contribution in [1.82, 2.24) is 10.2 Å². The Balaban J connectivity index is 1.63. The number of aryl methyl sites for hydroxylation is 1. The van der Waals surface area contributed by atoms with Crippen LogP contribution in [0, 0.1) is 6.92 Å². The molecule has 0 aliphatic carbocycles. The third-order valence-electron chi connectivity index (χ3n) is 3.99. The number of carbonyl (C=O) groups excluding carboxylic acids is 1. The summed E-state index contributed by atoms with van der Waals surface area (Å²) >= 11 is 5.93. The van der Waals surface area contributed by atoms with Crippen molar-refractivity contribution in [2.45, 2.75) is 13.5 Å². The number of halogens is 1. The van der Waals surface area contributed by atoms with Gasteiger partial charge in [-0.25, -0.2) is 0 Å². The summed E-state index contributed by atoms with van der Waals surface area (Å²) in [5, 5.41) is 14.7. The zero-order chi connectivity index (χ0) is 19.2. The maximum absolute atomic E-state index is 12.3. The van der Waals surface area contributed by atoms with Crippen LogP contribution in [0.15, 0.2) is 54.6 Å². The molecular formula is C20H19ClN4O2. The van der Waals surface area contributed by atoms with Gasteiger partial charge in [-0.2, -0.15) is 0 Å². The fourth-order valence-corrected chi connectivity index (χ4v) is 2.76. The lowest BCUT2D eigenvalue weighted by atomic mass is 10.2. The predicted molar refractivity (Wildman–Crippen MR) is 106 cm³/mol. The van der Waals surface area contributed by atoms with Gasteiger partial charge >= 0.3 is 0 Å². The monoisotopic (exact) mass is 382 g/mol. The van der Waals surface area contributed by atoms with Crippen LogP contribution in [0.4, 0.5) is 11.5 Å². The first-order valence-electron chi connectivity index (χ1n) is 8.34. The Labute approximate surface area is 162 Å². The minimum Gasteiger partial charge on any atom is -0.496 e. The molecule has 1 amide bonds. The van der Waals surface area contributed by atoms with E-state index in [9.17, 15) is 4.79 Å². The van der Waals surface area contributed by atoms with Crippen LogP contribution in [0.3, 0.4) is 0 Å². The molecular weight excluding hydrogens is 364 g/mol. The fraction of sp³-hybridized carbons (Fsp3) is 0.150. The molecule has 6 nitrogen and oxygen atoms in total. The molecule has 0 saturated heterocycles. The number of anilines is 2. The normalized spacial score (nSPS) is 10.3. The van der Waals surface area contributed by atoms with Gasteiger partial charge in [0.15, 0.2) is 5.69 Å². The molecule has 0 unspecified atom stereocenters. The van der Waals surface area contributed by atoms with Gasteiger partial charge in [-0.1, -0.05) is 29.8 Å². The number of hydrogen-bond donors (Lipinski definition) is 2. The number of hydrogen-bond acceptors (Lipinski definition) is 5. The second-order valence-corrected chi connectivity index (χ2v) is 6.32. The number of nitrogens with one attached hydrogen (secondary N) is 2. The average molecular weight is 383 g/mol. The molecule has 0 aliphatic heterocycles. The van der Waals surface area contributed by atoms with E-state index in [-0.39, 0.29) is 11.6 Å². The van der Waals surface area contributed by atoms with Gasteiger partial charge in [-0.15, -0.1) is 10.2 Å². The fourth-order valence-electron chi connectivity index (χ4n) is 2.54. The highest BCUT2D eigenvalue weighted by Gasteiger charge is 2.10. The molecule has 7 heteroatoms. The molecule has 0 bridgehead atoms. The van der Waals surface area contributed by atoms with Crippen molar-refractivity contribution in [1.29, 1.82) is 0 Å². The smallest absolute Gasteiger partial charge is 0.276 e. The first kappa shape index (κ1) is 18.7. The van der Waals surface area contributed by atoms with Crippen molar-refractivity contribution in [2.75, 3.05) is 17.7 Å². The standard InChI is InChI=1S/C20H19ClN4O2/c1-13-11-15(21)7-8-16(13)23-20(26)17-9-10-19(25-24-17)22-12-14-5-3-4-6-18(14)27-2/h3-11H,12H2,1-2H3,(H,22,25)(H,23,26). The van der Waals surface area contributed by atoms with Crippen LogP contribution in [-0.4, -0.2) is 23.2 Å². The lowest BCUT2D eigenvalue weighted by Gasteiger charge is -2.10. The summed E-state index contributed by atoms with van der Waals surface area (Å²) < 4.78 is 5.32. The van der Waals surface area contributed by atoms with Gasteiger partial charge < -0.3 is 15.4 Å². The third-order valence-corrected chi connectivity index (χ3v) is 4.22. The molecule has 2 N–H and O–H groups in total. The highest BCUT2D eigenvalue weighted by atomic mass is 35.5. The number of benzene rings is 2.